The predicted octanol–water partition coefficient (Wildman–Crippen LogP) is 4.28. The summed E-state index contributed by atoms with van der Waals surface area (Å²) < 4.78 is 38.0. The Morgan fingerprint density at radius 1 is 1.02 bits per heavy atom. The first-order chi connectivity index (χ1) is 19.1. The molecule has 0 heterocycles. The number of hydrogen-bond acceptors (Lipinski definition) is 7. The molecule has 1 unspecified atom stereocenters. The van der Waals surface area contributed by atoms with Crippen LogP contribution in [0.4, 0.5) is 10.5 Å². The van der Waals surface area contributed by atoms with Crippen molar-refractivity contribution in [2.45, 2.75) is 57.5 Å². The molecule has 0 bridgehead atoms. The van der Waals surface area contributed by atoms with Gasteiger partial charge in [0.2, 0.25) is 5.91 Å². The molecule has 12 heteroatoms. The van der Waals surface area contributed by atoms with Crippen molar-refractivity contribution in [1.29, 1.82) is 0 Å². The molecule has 0 saturated heterocycles. The molecule has 10 nitrogen and oxygen atoms in total. The van der Waals surface area contributed by atoms with Crippen LogP contribution in [0.15, 0.2) is 76.2 Å². The van der Waals surface area contributed by atoms with Crippen molar-refractivity contribution in [3.05, 3.63) is 87.3 Å². The Bertz CT molecular complexity index is 1320. The number of ether oxygens (including phenoxy) is 1. The molecular weight excluding hydrogens is 552 g/mol. The zero-order valence-corrected chi connectivity index (χ0v) is 24.2. The molecule has 0 aromatic heterocycles. The van der Waals surface area contributed by atoms with Gasteiger partial charge >= 0.3 is 16.4 Å². The van der Waals surface area contributed by atoms with Gasteiger partial charge in [-0.25, -0.2) is 4.79 Å². The first kappa shape index (κ1) is 31.1. The molecule has 40 heavy (non-hydrogen) atoms. The fourth-order valence-electron chi connectivity index (χ4n) is 4.15. The summed E-state index contributed by atoms with van der Waals surface area (Å²) in [4.78, 5) is 26.8. The lowest BCUT2D eigenvalue weighted by Crippen LogP contribution is -2.52. The molecule has 1 aliphatic rings. The van der Waals surface area contributed by atoms with Crippen LogP contribution in [0, 0.1) is 0 Å². The van der Waals surface area contributed by atoms with Crippen molar-refractivity contribution in [3.63, 3.8) is 0 Å². The summed E-state index contributed by atoms with van der Waals surface area (Å²) in [5, 5.41) is 7.44. The maximum absolute atomic E-state index is 13.5. The molecule has 2 amide bonds. The lowest BCUT2D eigenvalue weighted by atomic mass is 9.91. The van der Waals surface area contributed by atoms with Crippen LogP contribution in [0.2, 0.25) is 0 Å². The minimum Gasteiger partial charge on any atom is -0.453 e. The Kier molecular flexibility index (Phi) is 11.5. The van der Waals surface area contributed by atoms with Gasteiger partial charge in [-0.3, -0.25) is 14.1 Å². The van der Waals surface area contributed by atoms with Crippen LogP contribution in [0.3, 0.4) is 0 Å². The van der Waals surface area contributed by atoms with Crippen molar-refractivity contribution in [1.82, 2.24) is 10.6 Å². The average Bonchev–Trinajstić information content (AvgIpc) is 2.89. The number of amides is 2. The maximum Gasteiger partial charge on any atom is 0.407 e. The zero-order chi connectivity index (χ0) is 29.1. The van der Waals surface area contributed by atoms with E-state index in [-0.39, 0.29) is 12.1 Å². The van der Waals surface area contributed by atoms with Gasteiger partial charge in [-0.15, -0.1) is 11.8 Å². The van der Waals surface area contributed by atoms with Crippen LogP contribution in [-0.2, 0) is 32.7 Å². The van der Waals surface area contributed by atoms with E-state index in [4.69, 9.17) is 15.0 Å². The Balaban J connectivity index is 1.84. The minimum absolute atomic E-state index is 0.191. The fourth-order valence-corrected chi connectivity index (χ4v) is 5.56. The van der Waals surface area contributed by atoms with Crippen LogP contribution in [0.25, 0.3) is 0 Å². The number of nitrogens with one attached hydrogen (secondary N) is 3. The van der Waals surface area contributed by atoms with Gasteiger partial charge in [-0.2, -0.15) is 8.42 Å². The van der Waals surface area contributed by atoms with E-state index in [1.807, 2.05) is 40.5 Å². The second kappa shape index (κ2) is 14.8. The molecule has 6 N–H and O–H groups in total. The number of carbonyl (C=O) groups is 2. The van der Waals surface area contributed by atoms with E-state index in [1.54, 1.807) is 23.9 Å². The summed E-state index contributed by atoms with van der Waals surface area (Å²) in [6, 6.07) is 14.1. The number of thioether (sulfide) groups is 1. The normalized spacial score (nSPS) is 14.9. The summed E-state index contributed by atoms with van der Waals surface area (Å²) >= 11 is 1.56. The van der Waals surface area contributed by atoms with E-state index in [2.05, 4.69) is 17.6 Å². The third-order valence-electron chi connectivity index (χ3n) is 6.45. The number of alkyl carbamates (subject to hydrolysis) is 1. The van der Waals surface area contributed by atoms with Crippen LogP contribution in [0.5, 0.6) is 0 Å². The number of anilines is 1. The number of allylic oxidation sites excluding steroid dienone is 2. The zero-order valence-electron chi connectivity index (χ0n) is 22.6. The summed E-state index contributed by atoms with van der Waals surface area (Å²) in [7, 11) is -3.17. The lowest BCUT2D eigenvalue weighted by Gasteiger charge is -2.25. The van der Waals surface area contributed by atoms with Crippen LogP contribution < -0.4 is 21.1 Å². The third kappa shape index (κ3) is 9.92. The smallest absolute Gasteiger partial charge is 0.407 e. The Labute approximate surface area is 239 Å². The first-order valence-corrected chi connectivity index (χ1v) is 15.3. The van der Waals surface area contributed by atoms with E-state index in [0.29, 0.717) is 12.1 Å². The van der Waals surface area contributed by atoms with Gasteiger partial charge in [-0.05, 0) is 65.7 Å². The Hall–Kier alpha value is -3.48. The second-order valence-corrected chi connectivity index (χ2v) is 11.5. The molecule has 2 aromatic rings. The molecule has 216 valence electrons. The van der Waals surface area contributed by atoms with E-state index in [9.17, 15) is 18.0 Å². The van der Waals surface area contributed by atoms with E-state index in [0.717, 1.165) is 30.4 Å². The fraction of sp³-hybridized carbons (Fsp3) is 0.357. The number of nitrogens with two attached hydrogens (primary N) is 1. The number of carbonyl (C=O) groups excluding carboxylic acids is 2. The van der Waals surface area contributed by atoms with Crippen LogP contribution in [-0.4, -0.2) is 44.2 Å². The first-order valence-electron chi connectivity index (χ1n) is 12.9. The van der Waals surface area contributed by atoms with E-state index >= 15 is 0 Å². The molecule has 1 saturated carbocycles. The quantitative estimate of drug-likeness (QED) is 0.217. The molecule has 1 fully saturated rings. The number of methoxy groups -OCH3 is 1. The Morgan fingerprint density at radius 2 is 1.65 bits per heavy atom. The van der Waals surface area contributed by atoms with Gasteiger partial charge in [0.25, 0.3) is 0 Å². The summed E-state index contributed by atoms with van der Waals surface area (Å²) in [5.41, 5.74) is 10.2. The summed E-state index contributed by atoms with van der Waals surface area (Å²) in [6.07, 6.45) is 4.08. The van der Waals surface area contributed by atoms with Crippen molar-refractivity contribution < 1.29 is 27.3 Å². The van der Waals surface area contributed by atoms with Gasteiger partial charge in [0.1, 0.15) is 6.04 Å². The molecule has 2 aromatic carbocycles. The molecule has 0 spiro atoms. The highest BCUT2D eigenvalue weighted by Crippen LogP contribution is 2.36. The highest BCUT2D eigenvalue weighted by molar-refractivity contribution is 8.05. The van der Waals surface area contributed by atoms with Gasteiger partial charge in [0, 0.05) is 12.1 Å². The maximum atomic E-state index is 13.5. The predicted molar refractivity (Wildman–Crippen MR) is 158 cm³/mol. The van der Waals surface area contributed by atoms with E-state index < -0.39 is 34.4 Å². The standard InChI is InChI=1S/C28H36N4O6S2/c1-3-26(21-10-7-11-21)39-18-23(29)24(16-20-12-14-22(15-13-20)32-40(35,36)37)30-27(33)25(31-28(34)38-2)17-19-8-5-4-6-9-19/h4-6,8-9,12-15,18,24-25,32H,3,7,10-11,16-17,29H2,1-2H3,(H,30,33)(H,31,34)(H,35,36,37)/b23-18-/t24?,25-/m0/s1. The molecular formula is C28H36N4O6S2. The van der Waals surface area contributed by atoms with E-state index in [1.165, 1.54) is 36.1 Å². The number of hydrogen-bond donors (Lipinski definition) is 5. The van der Waals surface area contributed by atoms with Crippen molar-refractivity contribution in [2.24, 2.45) is 5.73 Å². The van der Waals surface area contributed by atoms with Gasteiger partial charge in [-0.1, -0.05) is 55.0 Å². The monoisotopic (exact) mass is 588 g/mol. The van der Waals surface area contributed by atoms with Gasteiger partial charge in [0.05, 0.1) is 18.8 Å². The van der Waals surface area contributed by atoms with Gasteiger partial charge < -0.3 is 21.1 Å². The minimum atomic E-state index is -4.40. The summed E-state index contributed by atoms with van der Waals surface area (Å²) in [5.74, 6) is -0.432. The molecule has 2 atom stereocenters. The lowest BCUT2D eigenvalue weighted by molar-refractivity contribution is -0.123. The van der Waals surface area contributed by atoms with Crippen LogP contribution in [0.1, 0.15) is 43.7 Å². The van der Waals surface area contributed by atoms with Gasteiger partial charge in [0.15, 0.2) is 0 Å². The number of rotatable bonds is 13. The average molecular weight is 589 g/mol. The highest BCUT2D eigenvalue weighted by atomic mass is 32.2. The Morgan fingerprint density at radius 3 is 2.20 bits per heavy atom. The molecule has 0 aliphatic heterocycles. The number of benzene rings is 2. The van der Waals surface area contributed by atoms with Crippen molar-refractivity contribution in [3.8, 4) is 0 Å². The second-order valence-electron chi connectivity index (χ2n) is 9.39. The SMILES string of the molecule is CCC(S/C=C(\N)C(Cc1ccc(NS(=O)(=O)O)cc1)NC(=O)[C@H](Cc1ccccc1)NC(=O)OC)=C1CCC1. The summed E-state index contributed by atoms with van der Waals surface area (Å²) in [6.45, 7) is 2.10. The van der Waals surface area contributed by atoms with Crippen molar-refractivity contribution in [2.75, 3.05) is 11.8 Å². The third-order valence-corrected chi connectivity index (χ3v) is 8.19. The topological polar surface area (TPSA) is 160 Å². The molecule has 0 radical (unpaired) electrons. The highest BCUT2D eigenvalue weighted by Gasteiger charge is 2.26. The largest absolute Gasteiger partial charge is 0.453 e. The molecule has 3 rings (SSSR count). The van der Waals surface area contributed by atoms with Crippen LogP contribution >= 0.6 is 11.8 Å². The van der Waals surface area contributed by atoms with Crippen molar-refractivity contribution >= 4 is 39.8 Å². The molecule has 1 aliphatic carbocycles.